The van der Waals surface area contributed by atoms with Crippen molar-refractivity contribution in [1.82, 2.24) is 9.97 Å². The predicted octanol–water partition coefficient (Wildman–Crippen LogP) is 3.25. The zero-order valence-corrected chi connectivity index (χ0v) is 12.1. The number of hydrogen-bond donors (Lipinski definition) is 1. The SMILES string of the molecule is Cc1cc(I)cnc1F.Cc1cc(N)cnc1F. The first-order chi connectivity index (χ1) is 8.40. The second-order valence-corrected chi connectivity index (χ2v) is 4.88. The molecule has 0 aliphatic heterocycles. The van der Waals surface area contributed by atoms with Gasteiger partial charge in [-0.25, -0.2) is 9.97 Å². The summed E-state index contributed by atoms with van der Waals surface area (Å²) in [4.78, 5) is 6.89. The van der Waals surface area contributed by atoms with Gasteiger partial charge in [-0.3, -0.25) is 0 Å². The highest BCUT2D eigenvalue weighted by atomic mass is 127. The van der Waals surface area contributed by atoms with Gasteiger partial charge in [-0.1, -0.05) is 0 Å². The van der Waals surface area contributed by atoms with Gasteiger partial charge in [0.15, 0.2) is 0 Å². The molecule has 3 nitrogen and oxygen atoms in total. The number of halogens is 3. The van der Waals surface area contributed by atoms with Gasteiger partial charge in [0, 0.05) is 20.9 Å². The quantitative estimate of drug-likeness (QED) is 0.578. The van der Waals surface area contributed by atoms with Crippen LogP contribution < -0.4 is 5.73 Å². The van der Waals surface area contributed by atoms with E-state index >= 15 is 0 Å². The second-order valence-electron chi connectivity index (χ2n) is 3.64. The monoisotopic (exact) mass is 363 g/mol. The number of nitrogens with two attached hydrogens (primary N) is 1. The molecule has 0 saturated carbocycles. The van der Waals surface area contributed by atoms with E-state index in [2.05, 4.69) is 32.6 Å². The molecule has 96 valence electrons. The summed E-state index contributed by atoms with van der Waals surface area (Å²) in [7, 11) is 0. The lowest BCUT2D eigenvalue weighted by Crippen LogP contribution is -1.91. The summed E-state index contributed by atoms with van der Waals surface area (Å²) in [6.45, 7) is 3.32. The molecule has 6 heteroatoms. The van der Waals surface area contributed by atoms with Crippen LogP contribution in [0.5, 0.6) is 0 Å². The molecule has 0 aromatic carbocycles. The molecule has 0 radical (unpaired) electrons. The number of rotatable bonds is 0. The summed E-state index contributed by atoms with van der Waals surface area (Å²) in [5, 5.41) is 0. The Bertz CT molecular complexity index is 497. The highest BCUT2D eigenvalue weighted by molar-refractivity contribution is 14.1. The molecule has 2 rings (SSSR count). The molecule has 18 heavy (non-hydrogen) atoms. The number of anilines is 1. The van der Waals surface area contributed by atoms with E-state index < -0.39 is 5.95 Å². The van der Waals surface area contributed by atoms with Crippen LogP contribution in [-0.4, -0.2) is 9.97 Å². The van der Waals surface area contributed by atoms with Crippen molar-refractivity contribution in [3.63, 3.8) is 0 Å². The van der Waals surface area contributed by atoms with Crippen LogP contribution in [0.4, 0.5) is 14.5 Å². The number of aryl methyl sites for hydroxylation is 2. The van der Waals surface area contributed by atoms with Crippen molar-refractivity contribution in [3.05, 3.63) is 51.1 Å². The Labute approximate surface area is 118 Å². The zero-order valence-electron chi connectivity index (χ0n) is 9.92. The Balaban J connectivity index is 0.000000180. The molecule has 0 saturated heterocycles. The molecule has 0 aliphatic carbocycles. The third-order valence-corrected chi connectivity index (χ3v) is 2.61. The molecule has 2 heterocycles. The van der Waals surface area contributed by atoms with Gasteiger partial charge in [0.05, 0.1) is 11.9 Å². The van der Waals surface area contributed by atoms with E-state index in [1.807, 2.05) is 0 Å². The van der Waals surface area contributed by atoms with E-state index in [4.69, 9.17) is 5.73 Å². The van der Waals surface area contributed by atoms with Crippen LogP contribution in [-0.2, 0) is 0 Å². The number of nitrogen functional groups attached to an aromatic ring is 1. The predicted molar refractivity (Wildman–Crippen MR) is 75.0 cm³/mol. The van der Waals surface area contributed by atoms with Crippen molar-refractivity contribution < 1.29 is 8.78 Å². The molecule has 2 aromatic heterocycles. The average Bonchev–Trinajstić information content (AvgIpc) is 2.30. The minimum absolute atomic E-state index is 0.379. The molecule has 0 fully saturated rings. The van der Waals surface area contributed by atoms with Gasteiger partial charge in [-0.2, -0.15) is 8.78 Å². The summed E-state index contributed by atoms with van der Waals surface area (Å²) in [6, 6.07) is 3.30. The Morgan fingerprint density at radius 1 is 1.00 bits per heavy atom. The Kier molecular flexibility index (Phi) is 5.39. The van der Waals surface area contributed by atoms with Gasteiger partial charge in [0.1, 0.15) is 0 Å². The second kappa shape index (κ2) is 6.58. The van der Waals surface area contributed by atoms with E-state index in [0.29, 0.717) is 16.8 Å². The maximum atomic E-state index is 12.4. The van der Waals surface area contributed by atoms with E-state index in [1.54, 1.807) is 26.0 Å². The van der Waals surface area contributed by atoms with Crippen LogP contribution in [0.2, 0.25) is 0 Å². The Morgan fingerprint density at radius 2 is 1.50 bits per heavy atom. The number of nitrogens with zero attached hydrogens (tertiary/aromatic N) is 2. The molecule has 0 aliphatic rings. The van der Waals surface area contributed by atoms with E-state index in [1.165, 1.54) is 12.4 Å². The normalized spacial score (nSPS) is 9.61. The van der Waals surface area contributed by atoms with Gasteiger partial charge < -0.3 is 5.73 Å². The summed E-state index contributed by atoms with van der Waals surface area (Å²) < 4.78 is 25.7. The summed E-state index contributed by atoms with van der Waals surface area (Å²) >= 11 is 2.09. The first kappa shape index (κ1) is 14.7. The van der Waals surface area contributed by atoms with Gasteiger partial charge in [0.25, 0.3) is 0 Å². The maximum Gasteiger partial charge on any atom is 0.215 e. The number of pyridine rings is 2. The van der Waals surface area contributed by atoms with Crippen LogP contribution in [0.15, 0.2) is 24.5 Å². The average molecular weight is 363 g/mol. The van der Waals surface area contributed by atoms with Crippen molar-refractivity contribution >= 4 is 28.3 Å². The highest BCUT2D eigenvalue weighted by Crippen LogP contribution is 2.07. The van der Waals surface area contributed by atoms with Crippen molar-refractivity contribution in [3.8, 4) is 0 Å². The van der Waals surface area contributed by atoms with Gasteiger partial charge in [0.2, 0.25) is 11.9 Å². The zero-order chi connectivity index (χ0) is 13.7. The van der Waals surface area contributed by atoms with Crippen LogP contribution >= 0.6 is 22.6 Å². The van der Waals surface area contributed by atoms with Crippen LogP contribution in [0.25, 0.3) is 0 Å². The van der Waals surface area contributed by atoms with E-state index in [-0.39, 0.29) is 5.95 Å². The Hall–Kier alpha value is -1.31. The molecule has 0 atom stereocenters. The lowest BCUT2D eigenvalue weighted by molar-refractivity contribution is 0.573. The van der Waals surface area contributed by atoms with Gasteiger partial charge in [-0.15, -0.1) is 0 Å². The van der Waals surface area contributed by atoms with Crippen LogP contribution in [0.1, 0.15) is 11.1 Å². The lowest BCUT2D eigenvalue weighted by atomic mass is 10.3. The summed E-state index contributed by atoms with van der Waals surface area (Å²) in [5.41, 5.74) is 6.87. The van der Waals surface area contributed by atoms with Crippen molar-refractivity contribution in [2.45, 2.75) is 13.8 Å². The molecule has 0 unspecified atom stereocenters. The fraction of sp³-hybridized carbons (Fsp3) is 0.167. The molecule has 2 aromatic rings. The lowest BCUT2D eigenvalue weighted by Gasteiger charge is -1.94. The highest BCUT2D eigenvalue weighted by Gasteiger charge is 1.96. The van der Waals surface area contributed by atoms with E-state index in [9.17, 15) is 8.78 Å². The standard InChI is InChI=1S/C6H5FIN.C6H7FN2/c2*1-4-2-5(8)3-9-6(4)7/h2-3H,1H3;2-3H,8H2,1H3. The van der Waals surface area contributed by atoms with Crippen molar-refractivity contribution in [2.24, 2.45) is 0 Å². The number of hydrogen-bond acceptors (Lipinski definition) is 3. The molecular weight excluding hydrogens is 351 g/mol. The molecule has 0 bridgehead atoms. The van der Waals surface area contributed by atoms with Crippen LogP contribution in [0, 0.1) is 29.3 Å². The molecular formula is C12H12F2IN3. The molecule has 2 N–H and O–H groups in total. The third-order valence-electron chi connectivity index (χ3n) is 2.02. The van der Waals surface area contributed by atoms with Crippen molar-refractivity contribution in [2.75, 3.05) is 5.73 Å². The minimum Gasteiger partial charge on any atom is -0.397 e. The number of aromatic nitrogens is 2. The minimum atomic E-state index is -0.454. The van der Waals surface area contributed by atoms with Crippen LogP contribution in [0.3, 0.4) is 0 Å². The first-order valence-electron chi connectivity index (χ1n) is 5.05. The summed E-state index contributed by atoms with van der Waals surface area (Å²) in [6.07, 6.45) is 2.80. The molecule has 0 spiro atoms. The first-order valence-corrected chi connectivity index (χ1v) is 6.13. The van der Waals surface area contributed by atoms with Gasteiger partial charge in [-0.05, 0) is 48.6 Å². The largest absolute Gasteiger partial charge is 0.397 e. The smallest absolute Gasteiger partial charge is 0.215 e. The fourth-order valence-electron chi connectivity index (χ4n) is 1.10. The van der Waals surface area contributed by atoms with Gasteiger partial charge >= 0.3 is 0 Å². The van der Waals surface area contributed by atoms with Crippen molar-refractivity contribution in [1.29, 1.82) is 0 Å². The third kappa shape index (κ3) is 4.52. The fourth-order valence-corrected chi connectivity index (χ4v) is 1.71. The summed E-state index contributed by atoms with van der Waals surface area (Å²) in [5.74, 6) is -0.834. The molecule has 0 amide bonds. The Morgan fingerprint density at radius 3 is 1.89 bits per heavy atom. The topological polar surface area (TPSA) is 51.8 Å². The van der Waals surface area contributed by atoms with E-state index in [0.717, 1.165) is 3.57 Å². The maximum absolute atomic E-state index is 12.4.